The summed E-state index contributed by atoms with van der Waals surface area (Å²) in [4.78, 5) is 18.3. The molecule has 114 valence electrons. The van der Waals surface area contributed by atoms with Gasteiger partial charge in [0.2, 0.25) is 0 Å². The van der Waals surface area contributed by atoms with Crippen LogP contribution in [0.1, 0.15) is 44.5 Å². The molecule has 1 unspecified atom stereocenters. The summed E-state index contributed by atoms with van der Waals surface area (Å²) in [6.45, 7) is 8.27. The van der Waals surface area contributed by atoms with E-state index in [9.17, 15) is 4.79 Å². The van der Waals surface area contributed by atoms with Crippen LogP contribution in [-0.4, -0.2) is 35.3 Å². The molecule has 0 aliphatic carbocycles. The fourth-order valence-corrected chi connectivity index (χ4v) is 3.87. The number of carbonyl (C=O) groups is 1. The average Bonchev–Trinajstić information content (AvgIpc) is 2.93. The highest BCUT2D eigenvalue weighted by atomic mass is 32.1. The van der Waals surface area contributed by atoms with E-state index < -0.39 is 0 Å². The lowest BCUT2D eigenvalue weighted by molar-refractivity contribution is -0.118. The van der Waals surface area contributed by atoms with Crippen molar-refractivity contribution in [2.24, 2.45) is 0 Å². The van der Waals surface area contributed by atoms with Gasteiger partial charge < -0.3 is 0 Å². The normalized spacial score (nSPS) is 19.1. The Morgan fingerprint density at radius 1 is 1.38 bits per heavy atom. The Hall–Kier alpha value is -1.26. The Balaban J connectivity index is 0.000000774. The van der Waals surface area contributed by atoms with Gasteiger partial charge in [0.15, 0.2) is 0 Å². The summed E-state index contributed by atoms with van der Waals surface area (Å²) in [6.07, 6.45) is 2.35. The SMILES string of the molecule is CC.CC(=O)CN1CCCC(c2nc3ccccc3s2)C1. The number of benzene rings is 1. The van der Waals surface area contributed by atoms with Crippen molar-refractivity contribution in [2.45, 2.75) is 39.5 Å². The molecule has 21 heavy (non-hydrogen) atoms. The molecule has 1 aromatic heterocycles. The van der Waals surface area contributed by atoms with Crippen LogP contribution in [0, 0.1) is 0 Å². The molecule has 1 aliphatic rings. The summed E-state index contributed by atoms with van der Waals surface area (Å²) in [5, 5.41) is 1.23. The molecule has 4 heteroatoms. The molecular formula is C17H24N2OS. The predicted molar refractivity (Wildman–Crippen MR) is 90.1 cm³/mol. The molecule has 1 fully saturated rings. The Labute approximate surface area is 131 Å². The van der Waals surface area contributed by atoms with E-state index in [0.29, 0.717) is 12.5 Å². The second-order valence-electron chi connectivity index (χ2n) is 5.30. The third kappa shape index (κ3) is 4.11. The molecular weight excluding hydrogens is 280 g/mol. The fourth-order valence-electron chi connectivity index (χ4n) is 2.78. The van der Waals surface area contributed by atoms with Crippen molar-refractivity contribution in [3.05, 3.63) is 29.3 Å². The number of hydrogen-bond acceptors (Lipinski definition) is 4. The third-order valence-corrected chi connectivity index (χ3v) is 4.81. The molecule has 1 atom stereocenters. The molecule has 0 amide bonds. The number of nitrogens with zero attached hydrogens (tertiary/aromatic N) is 2. The van der Waals surface area contributed by atoms with Crippen LogP contribution in [0.5, 0.6) is 0 Å². The van der Waals surface area contributed by atoms with Crippen LogP contribution >= 0.6 is 11.3 Å². The van der Waals surface area contributed by atoms with Crippen molar-refractivity contribution < 1.29 is 4.79 Å². The topological polar surface area (TPSA) is 33.2 Å². The first-order valence-electron chi connectivity index (χ1n) is 7.79. The summed E-state index contributed by atoms with van der Waals surface area (Å²) in [7, 11) is 0. The number of rotatable bonds is 3. The lowest BCUT2D eigenvalue weighted by Crippen LogP contribution is -2.37. The summed E-state index contributed by atoms with van der Waals surface area (Å²) < 4.78 is 1.26. The number of fused-ring (bicyclic) bond motifs is 1. The van der Waals surface area contributed by atoms with Gasteiger partial charge in [-0.15, -0.1) is 11.3 Å². The van der Waals surface area contributed by atoms with Crippen molar-refractivity contribution in [1.29, 1.82) is 0 Å². The quantitative estimate of drug-likeness (QED) is 0.856. The summed E-state index contributed by atoms with van der Waals surface area (Å²) in [6, 6.07) is 8.31. The van der Waals surface area contributed by atoms with Gasteiger partial charge in [0.25, 0.3) is 0 Å². The number of thiazole rings is 1. The number of aromatic nitrogens is 1. The van der Waals surface area contributed by atoms with Crippen molar-refractivity contribution in [2.75, 3.05) is 19.6 Å². The van der Waals surface area contributed by atoms with Crippen LogP contribution in [0.25, 0.3) is 10.2 Å². The van der Waals surface area contributed by atoms with Crippen LogP contribution in [0.4, 0.5) is 0 Å². The number of para-hydroxylation sites is 1. The molecule has 1 aromatic carbocycles. The van der Waals surface area contributed by atoms with Crippen LogP contribution in [0.3, 0.4) is 0 Å². The number of hydrogen-bond donors (Lipinski definition) is 0. The fraction of sp³-hybridized carbons (Fsp3) is 0.529. The number of piperidine rings is 1. The van der Waals surface area contributed by atoms with Gasteiger partial charge in [0, 0.05) is 12.5 Å². The van der Waals surface area contributed by atoms with Gasteiger partial charge in [-0.05, 0) is 38.4 Å². The summed E-state index contributed by atoms with van der Waals surface area (Å²) in [5.74, 6) is 0.746. The van der Waals surface area contributed by atoms with E-state index in [-0.39, 0.29) is 5.78 Å². The van der Waals surface area contributed by atoms with Crippen LogP contribution in [0.2, 0.25) is 0 Å². The standard InChI is InChI=1S/C15H18N2OS.C2H6/c1-11(18)9-17-8-4-5-12(10-17)15-16-13-6-2-3-7-14(13)19-15;1-2/h2-3,6-7,12H,4-5,8-10H2,1H3;1-2H3. The first kappa shape index (κ1) is 16.1. The maximum Gasteiger partial charge on any atom is 0.143 e. The minimum absolute atomic E-state index is 0.255. The Bertz CT molecular complexity index is 560. The zero-order chi connectivity index (χ0) is 15.2. The third-order valence-electron chi connectivity index (χ3n) is 3.61. The van der Waals surface area contributed by atoms with E-state index in [1.165, 1.54) is 16.1 Å². The molecule has 0 saturated carbocycles. The molecule has 0 N–H and O–H groups in total. The molecule has 3 rings (SSSR count). The van der Waals surface area contributed by atoms with E-state index in [4.69, 9.17) is 4.98 Å². The highest BCUT2D eigenvalue weighted by molar-refractivity contribution is 7.18. The zero-order valence-corrected chi connectivity index (χ0v) is 13.9. The minimum Gasteiger partial charge on any atom is -0.299 e. The number of Topliss-reactive ketones (excluding diaryl/α,β-unsaturated/α-hetero) is 1. The Morgan fingerprint density at radius 2 is 2.14 bits per heavy atom. The van der Waals surface area contributed by atoms with E-state index in [2.05, 4.69) is 23.1 Å². The second-order valence-corrected chi connectivity index (χ2v) is 6.36. The largest absolute Gasteiger partial charge is 0.299 e. The van der Waals surface area contributed by atoms with Crippen LogP contribution in [-0.2, 0) is 4.79 Å². The van der Waals surface area contributed by atoms with E-state index in [1.54, 1.807) is 18.3 Å². The van der Waals surface area contributed by atoms with E-state index in [0.717, 1.165) is 25.0 Å². The number of ketones is 1. The highest BCUT2D eigenvalue weighted by Crippen LogP contribution is 2.32. The predicted octanol–water partition coefficient (Wildman–Crippen LogP) is 4.09. The first-order valence-corrected chi connectivity index (χ1v) is 8.61. The van der Waals surface area contributed by atoms with Crippen LogP contribution in [0.15, 0.2) is 24.3 Å². The minimum atomic E-state index is 0.255. The van der Waals surface area contributed by atoms with Gasteiger partial charge in [-0.25, -0.2) is 4.98 Å². The lowest BCUT2D eigenvalue weighted by Gasteiger charge is -2.30. The first-order chi connectivity index (χ1) is 10.2. The summed E-state index contributed by atoms with van der Waals surface area (Å²) in [5.41, 5.74) is 1.10. The molecule has 1 aliphatic heterocycles. The van der Waals surface area contributed by atoms with Crippen molar-refractivity contribution in [1.82, 2.24) is 9.88 Å². The average molecular weight is 304 g/mol. The van der Waals surface area contributed by atoms with Gasteiger partial charge in [0.1, 0.15) is 5.78 Å². The molecule has 2 aromatic rings. The second kappa shape index (κ2) is 7.66. The highest BCUT2D eigenvalue weighted by Gasteiger charge is 2.24. The summed E-state index contributed by atoms with van der Waals surface area (Å²) >= 11 is 1.80. The van der Waals surface area contributed by atoms with Gasteiger partial charge >= 0.3 is 0 Å². The number of likely N-dealkylation sites (tertiary alicyclic amines) is 1. The molecule has 0 bridgehead atoms. The molecule has 1 saturated heterocycles. The van der Waals surface area contributed by atoms with Crippen molar-refractivity contribution in [3.8, 4) is 0 Å². The van der Waals surface area contributed by atoms with E-state index >= 15 is 0 Å². The maximum atomic E-state index is 11.2. The smallest absolute Gasteiger partial charge is 0.143 e. The Kier molecular flexibility index (Phi) is 5.88. The van der Waals surface area contributed by atoms with Crippen molar-refractivity contribution >= 4 is 27.3 Å². The molecule has 0 radical (unpaired) electrons. The van der Waals surface area contributed by atoms with Crippen molar-refractivity contribution in [3.63, 3.8) is 0 Å². The zero-order valence-electron chi connectivity index (χ0n) is 13.1. The lowest BCUT2D eigenvalue weighted by atomic mass is 9.98. The van der Waals surface area contributed by atoms with Gasteiger partial charge in [-0.1, -0.05) is 26.0 Å². The Morgan fingerprint density at radius 3 is 2.86 bits per heavy atom. The van der Waals surface area contributed by atoms with Crippen LogP contribution < -0.4 is 0 Å². The van der Waals surface area contributed by atoms with Gasteiger partial charge in [-0.3, -0.25) is 9.69 Å². The molecule has 0 spiro atoms. The number of carbonyl (C=O) groups excluding carboxylic acids is 1. The maximum absolute atomic E-state index is 11.2. The molecule has 3 nitrogen and oxygen atoms in total. The molecule has 2 heterocycles. The monoisotopic (exact) mass is 304 g/mol. The van der Waals surface area contributed by atoms with Gasteiger partial charge in [-0.2, -0.15) is 0 Å². The van der Waals surface area contributed by atoms with E-state index in [1.807, 2.05) is 19.9 Å². The van der Waals surface area contributed by atoms with Gasteiger partial charge in [0.05, 0.1) is 21.8 Å².